The van der Waals surface area contributed by atoms with E-state index in [0.717, 1.165) is 0 Å². The van der Waals surface area contributed by atoms with E-state index in [0.29, 0.717) is 16.3 Å². The number of hydrogen-bond donors (Lipinski definition) is 2. The smallest absolute Gasteiger partial charge is 0.143 e. The number of halogens is 4. The Morgan fingerprint density at radius 1 is 1.05 bits per heavy atom. The zero-order chi connectivity index (χ0) is 14.0. The van der Waals surface area contributed by atoms with Crippen LogP contribution in [0.3, 0.4) is 0 Å². The number of nitrogens with one attached hydrogen (secondary N) is 1. The molecule has 2 aromatic rings. The van der Waals surface area contributed by atoms with Crippen LogP contribution in [0.4, 0.5) is 10.1 Å². The van der Waals surface area contributed by atoms with Crippen LogP contribution in [-0.4, -0.2) is 5.11 Å². The second-order valence-electron chi connectivity index (χ2n) is 3.88. The molecule has 0 aromatic heterocycles. The largest absolute Gasteiger partial charge is 0.506 e. The fourth-order valence-electron chi connectivity index (χ4n) is 1.56. The molecule has 0 radical (unpaired) electrons. The second kappa shape index (κ2) is 5.87. The fraction of sp³-hybridized carbons (Fsp3) is 0.0769. The maximum atomic E-state index is 13.2. The molecule has 0 aliphatic carbocycles. The van der Waals surface area contributed by atoms with Gasteiger partial charge >= 0.3 is 0 Å². The third-order valence-corrected chi connectivity index (χ3v) is 3.32. The van der Waals surface area contributed by atoms with Gasteiger partial charge in [0.1, 0.15) is 11.6 Å². The van der Waals surface area contributed by atoms with Gasteiger partial charge in [0.2, 0.25) is 0 Å². The van der Waals surface area contributed by atoms with Crippen LogP contribution in [0, 0.1) is 5.82 Å². The average molecular weight is 321 g/mol. The van der Waals surface area contributed by atoms with Gasteiger partial charge in [-0.15, -0.1) is 0 Å². The van der Waals surface area contributed by atoms with Gasteiger partial charge < -0.3 is 10.4 Å². The summed E-state index contributed by atoms with van der Waals surface area (Å²) in [6.07, 6.45) is 0. The van der Waals surface area contributed by atoms with E-state index in [4.69, 9.17) is 34.8 Å². The molecule has 2 nitrogen and oxygen atoms in total. The molecule has 0 aliphatic rings. The molecule has 2 aromatic carbocycles. The van der Waals surface area contributed by atoms with Crippen molar-refractivity contribution >= 4 is 40.5 Å². The Morgan fingerprint density at radius 3 is 2.47 bits per heavy atom. The minimum Gasteiger partial charge on any atom is -0.506 e. The van der Waals surface area contributed by atoms with Crippen molar-refractivity contribution in [1.82, 2.24) is 0 Å². The van der Waals surface area contributed by atoms with Crippen molar-refractivity contribution in [2.24, 2.45) is 0 Å². The van der Waals surface area contributed by atoms with Gasteiger partial charge in [-0.3, -0.25) is 0 Å². The van der Waals surface area contributed by atoms with Crippen LogP contribution in [0.5, 0.6) is 5.75 Å². The first-order valence-electron chi connectivity index (χ1n) is 5.33. The molecule has 0 amide bonds. The first-order chi connectivity index (χ1) is 8.97. The summed E-state index contributed by atoms with van der Waals surface area (Å²) in [5.41, 5.74) is 1.06. The van der Waals surface area contributed by atoms with E-state index >= 15 is 0 Å². The molecule has 19 heavy (non-hydrogen) atoms. The Kier molecular flexibility index (Phi) is 4.40. The van der Waals surface area contributed by atoms with E-state index in [-0.39, 0.29) is 22.3 Å². The minimum absolute atomic E-state index is 0.0481. The molecule has 0 spiro atoms. The van der Waals surface area contributed by atoms with Crippen molar-refractivity contribution in [3.63, 3.8) is 0 Å². The zero-order valence-electron chi connectivity index (χ0n) is 9.55. The van der Waals surface area contributed by atoms with Crippen molar-refractivity contribution in [3.05, 3.63) is 56.8 Å². The van der Waals surface area contributed by atoms with Gasteiger partial charge in [-0.25, -0.2) is 4.39 Å². The highest BCUT2D eigenvalue weighted by Gasteiger charge is 2.08. The lowest BCUT2D eigenvalue weighted by Crippen LogP contribution is -2.00. The molecule has 6 heteroatoms. The Hall–Kier alpha value is -1.16. The molecule has 0 saturated carbocycles. The van der Waals surface area contributed by atoms with E-state index in [1.807, 2.05) is 0 Å². The highest BCUT2D eigenvalue weighted by molar-refractivity contribution is 6.35. The quantitative estimate of drug-likeness (QED) is 0.824. The van der Waals surface area contributed by atoms with Crippen molar-refractivity contribution in [2.45, 2.75) is 6.54 Å². The number of hydrogen-bond acceptors (Lipinski definition) is 2. The number of phenols is 1. The number of phenolic OH excluding ortho intramolecular Hbond substituents is 1. The lowest BCUT2D eigenvalue weighted by Gasteiger charge is -2.10. The molecule has 0 atom stereocenters. The van der Waals surface area contributed by atoms with Crippen molar-refractivity contribution < 1.29 is 9.50 Å². The molecule has 0 fully saturated rings. The predicted octanol–water partition coefficient (Wildman–Crippen LogP) is 5.10. The van der Waals surface area contributed by atoms with Crippen LogP contribution in [0.25, 0.3) is 0 Å². The van der Waals surface area contributed by atoms with E-state index in [1.54, 1.807) is 12.1 Å². The van der Waals surface area contributed by atoms with Gasteiger partial charge in [0, 0.05) is 22.8 Å². The van der Waals surface area contributed by atoms with Crippen molar-refractivity contribution in [1.29, 1.82) is 0 Å². The lowest BCUT2D eigenvalue weighted by molar-refractivity contribution is 0.469. The second-order valence-corrected chi connectivity index (χ2v) is 5.13. The lowest BCUT2D eigenvalue weighted by atomic mass is 10.2. The van der Waals surface area contributed by atoms with Crippen LogP contribution >= 0.6 is 34.8 Å². The molecule has 0 unspecified atom stereocenters. The zero-order valence-corrected chi connectivity index (χ0v) is 11.8. The normalized spacial score (nSPS) is 10.5. The summed E-state index contributed by atoms with van der Waals surface area (Å²) >= 11 is 17.2. The maximum absolute atomic E-state index is 13.2. The molecule has 0 bridgehead atoms. The van der Waals surface area contributed by atoms with Crippen LogP contribution in [0.15, 0.2) is 30.3 Å². The summed E-state index contributed by atoms with van der Waals surface area (Å²) in [4.78, 5) is 0. The summed E-state index contributed by atoms with van der Waals surface area (Å²) in [6, 6.07) is 7.39. The predicted molar refractivity (Wildman–Crippen MR) is 76.9 cm³/mol. The van der Waals surface area contributed by atoms with Crippen LogP contribution in [0.1, 0.15) is 5.56 Å². The van der Waals surface area contributed by atoms with Gasteiger partial charge in [-0.1, -0.05) is 34.8 Å². The number of anilines is 1. The average Bonchev–Trinajstić information content (AvgIpc) is 2.36. The molecule has 2 N–H and O–H groups in total. The first-order valence-corrected chi connectivity index (χ1v) is 6.46. The molecule has 0 aliphatic heterocycles. The van der Waals surface area contributed by atoms with Gasteiger partial charge in [0.05, 0.1) is 10.0 Å². The van der Waals surface area contributed by atoms with Crippen molar-refractivity contribution in [3.8, 4) is 5.75 Å². The summed E-state index contributed by atoms with van der Waals surface area (Å²) < 4.78 is 13.2. The van der Waals surface area contributed by atoms with E-state index in [2.05, 4.69) is 5.32 Å². The van der Waals surface area contributed by atoms with Gasteiger partial charge in [-0.05, 0) is 30.3 Å². The standard InChI is InChI=1S/C13H9Cl3FNO/c14-8-3-7(13(19)11(16)4-8)6-18-9-1-2-10(15)12(17)5-9/h1-5,18-19H,6H2. The summed E-state index contributed by atoms with van der Waals surface area (Å²) in [5.74, 6) is -0.562. The van der Waals surface area contributed by atoms with Crippen LogP contribution in [0.2, 0.25) is 15.1 Å². The van der Waals surface area contributed by atoms with Gasteiger partial charge in [-0.2, -0.15) is 0 Å². The summed E-state index contributed by atoms with van der Waals surface area (Å²) in [5, 5.41) is 13.4. The van der Waals surface area contributed by atoms with Crippen molar-refractivity contribution in [2.75, 3.05) is 5.32 Å². The molecule has 0 saturated heterocycles. The van der Waals surface area contributed by atoms with Crippen LogP contribution in [-0.2, 0) is 6.54 Å². The molecule has 0 heterocycles. The molecular weight excluding hydrogens is 312 g/mol. The minimum atomic E-state index is -0.514. The third kappa shape index (κ3) is 3.44. The highest BCUT2D eigenvalue weighted by Crippen LogP contribution is 2.31. The molecular formula is C13H9Cl3FNO. The third-order valence-electron chi connectivity index (χ3n) is 2.51. The maximum Gasteiger partial charge on any atom is 0.143 e. The Balaban J connectivity index is 2.16. The Labute approximate surface area is 124 Å². The highest BCUT2D eigenvalue weighted by atomic mass is 35.5. The summed E-state index contributed by atoms with van der Waals surface area (Å²) in [7, 11) is 0. The van der Waals surface area contributed by atoms with Gasteiger partial charge in [0.25, 0.3) is 0 Å². The SMILES string of the molecule is Oc1c(Cl)cc(Cl)cc1CNc1ccc(Cl)c(F)c1. The Morgan fingerprint density at radius 2 is 1.79 bits per heavy atom. The van der Waals surface area contributed by atoms with E-state index < -0.39 is 5.82 Å². The first kappa shape index (κ1) is 14.3. The Bertz CT molecular complexity index is 619. The van der Waals surface area contributed by atoms with Gasteiger partial charge in [0.15, 0.2) is 0 Å². The number of aromatic hydroxyl groups is 1. The summed E-state index contributed by atoms with van der Waals surface area (Å²) in [6.45, 7) is 0.257. The topological polar surface area (TPSA) is 32.3 Å². The van der Waals surface area contributed by atoms with E-state index in [1.165, 1.54) is 18.2 Å². The molecule has 2 rings (SSSR count). The van der Waals surface area contributed by atoms with Crippen LogP contribution < -0.4 is 5.32 Å². The number of benzene rings is 2. The molecule has 100 valence electrons. The van der Waals surface area contributed by atoms with E-state index in [9.17, 15) is 9.50 Å². The number of rotatable bonds is 3. The monoisotopic (exact) mass is 319 g/mol. The fourth-order valence-corrected chi connectivity index (χ4v) is 2.21.